The van der Waals surface area contributed by atoms with E-state index in [0.717, 1.165) is 50.0 Å². The van der Waals surface area contributed by atoms with Gasteiger partial charge in [0.05, 0.1) is 17.1 Å². The van der Waals surface area contributed by atoms with Crippen LogP contribution in [-0.4, -0.2) is 87.5 Å². The lowest BCUT2D eigenvalue weighted by atomic mass is 9.84. The van der Waals surface area contributed by atoms with E-state index < -0.39 is 53.0 Å². The smallest absolute Gasteiger partial charge is 0.309 e. The summed E-state index contributed by atoms with van der Waals surface area (Å²) in [6, 6.07) is 5.85. The molecule has 1 aliphatic heterocycles. The number of rotatable bonds is 25. The number of carboxylic acids is 1. The zero-order valence-corrected chi connectivity index (χ0v) is 38.8. The molecule has 6 atom stereocenters. The topological polar surface area (TPSA) is 176 Å². The second-order valence-electron chi connectivity index (χ2n) is 18.1. The number of nitrogens with zero attached hydrogens (tertiary/aromatic N) is 2. The zero-order chi connectivity index (χ0) is 44.8. The van der Waals surface area contributed by atoms with Crippen molar-refractivity contribution in [1.29, 1.82) is 0 Å². The number of amides is 3. The number of aromatic nitrogens is 1. The van der Waals surface area contributed by atoms with Gasteiger partial charge in [0.2, 0.25) is 11.8 Å². The maximum atomic E-state index is 14.8. The standard InChI is InChI=1S/C46H73N5O8S/c1-12-14-15-16-24-51(42(54)39(31(7)13-2)50-43(55)46(11)22-17-23-47-46)37(29(3)4)26-38(59-32(8)52)41-49-36(28-60-41)40(53)48-34(27-45(9,10)44(56)57)25-33-18-20-35(21-19-33)58-30(5)6/h18-21,28-31,34,37-39,47H,12-17,22-27H2,1-11H3,(H,48,53)(H,50,55)(H,56,57)/t31-,34-,37+,38+,39-,46+/m0/s1. The Bertz CT molecular complexity index is 1700. The van der Waals surface area contributed by atoms with E-state index in [4.69, 9.17) is 14.5 Å². The number of unbranched alkanes of at least 4 members (excludes halogenated alkanes) is 3. The first-order chi connectivity index (χ1) is 28.2. The maximum Gasteiger partial charge on any atom is 0.309 e. The molecule has 0 aliphatic carbocycles. The molecule has 336 valence electrons. The van der Waals surface area contributed by atoms with Crippen LogP contribution < -0.4 is 20.7 Å². The van der Waals surface area contributed by atoms with Crippen molar-refractivity contribution in [3.8, 4) is 5.75 Å². The number of aliphatic carboxylic acids is 1. The van der Waals surface area contributed by atoms with E-state index in [2.05, 4.69) is 22.9 Å². The van der Waals surface area contributed by atoms with Gasteiger partial charge in [-0.1, -0.05) is 72.4 Å². The third-order valence-corrected chi connectivity index (χ3v) is 12.5. The average Bonchev–Trinajstić information content (AvgIpc) is 3.86. The number of hydrogen-bond donors (Lipinski definition) is 4. The van der Waals surface area contributed by atoms with Crippen LogP contribution in [0, 0.1) is 17.3 Å². The summed E-state index contributed by atoms with van der Waals surface area (Å²) in [6.07, 6.45) is 5.96. The average molecular weight is 856 g/mol. The van der Waals surface area contributed by atoms with Gasteiger partial charge in [0.1, 0.15) is 22.5 Å². The third kappa shape index (κ3) is 14.8. The van der Waals surface area contributed by atoms with Gasteiger partial charge in [0.15, 0.2) is 6.10 Å². The van der Waals surface area contributed by atoms with Crippen molar-refractivity contribution in [3.05, 3.63) is 45.9 Å². The zero-order valence-electron chi connectivity index (χ0n) is 38.0. The molecule has 0 spiro atoms. The number of nitrogens with one attached hydrogen (secondary N) is 3. The van der Waals surface area contributed by atoms with E-state index in [1.54, 1.807) is 19.2 Å². The minimum Gasteiger partial charge on any atom is -0.491 e. The number of benzene rings is 1. The molecule has 1 aliphatic rings. The van der Waals surface area contributed by atoms with Crippen molar-refractivity contribution < 1.29 is 38.6 Å². The first kappa shape index (κ1) is 50.3. The first-order valence-electron chi connectivity index (χ1n) is 22.0. The van der Waals surface area contributed by atoms with E-state index in [-0.39, 0.29) is 48.3 Å². The number of hydrogen-bond acceptors (Lipinski definition) is 10. The van der Waals surface area contributed by atoms with Gasteiger partial charge in [-0.3, -0.25) is 24.0 Å². The second-order valence-corrected chi connectivity index (χ2v) is 19.0. The summed E-state index contributed by atoms with van der Waals surface area (Å²) in [5.74, 6) is -1.79. The molecule has 3 amide bonds. The molecule has 1 aromatic carbocycles. The van der Waals surface area contributed by atoms with Crippen molar-refractivity contribution in [2.45, 2.75) is 176 Å². The lowest BCUT2D eigenvalue weighted by Crippen LogP contribution is -2.60. The van der Waals surface area contributed by atoms with E-state index in [1.165, 1.54) is 18.3 Å². The molecule has 60 heavy (non-hydrogen) atoms. The van der Waals surface area contributed by atoms with Crippen LogP contribution in [0.25, 0.3) is 0 Å². The summed E-state index contributed by atoms with van der Waals surface area (Å²) in [4.78, 5) is 73.8. The lowest BCUT2D eigenvalue weighted by Gasteiger charge is -2.40. The lowest BCUT2D eigenvalue weighted by molar-refractivity contribution is -0.150. The fourth-order valence-corrected chi connectivity index (χ4v) is 8.55. The van der Waals surface area contributed by atoms with E-state index >= 15 is 0 Å². The molecule has 1 aromatic heterocycles. The largest absolute Gasteiger partial charge is 0.491 e. The Hall–Kier alpha value is -4.04. The molecule has 0 radical (unpaired) electrons. The van der Waals surface area contributed by atoms with Gasteiger partial charge in [0.25, 0.3) is 5.91 Å². The maximum absolute atomic E-state index is 14.8. The molecule has 2 aromatic rings. The molecule has 0 saturated carbocycles. The van der Waals surface area contributed by atoms with Crippen LogP contribution in [0.3, 0.4) is 0 Å². The van der Waals surface area contributed by atoms with Crippen LogP contribution in [0.15, 0.2) is 29.6 Å². The van der Waals surface area contributed by atoms with Gasteiger partial charge >= 0.3 is 11.9 Å². The van der Waals surface area contributed by atoms with Crippen LogP contribution in [0.5, 0.6) is 5.75 Å². The van der Waals surface area contributed by atoms with Gasteiger partial charge in [-0.05, 0) is 103 Å². The Morgan fingerprint density at radius 1 is 1.02 bits per heavy atom. The van der Waals surface area contributed by atoms with Crippen LogP contribution in [0.4, 0.5) is 0 Å². The monoisotopic (exact) mass is 856 g/mol. The number of carbonyl (C=O) groups is 5. The fourth-order valence-electron chi connectivity index (χ4n) is 7.71. The molecule has 14 heteroatoms. The Morgan fingerprint density at radius 3 is 2.25 bits per heavy atom. The van der Waals surface area contributed by atoms with Crippen molar-refractivity contribution in [1.82, 2.24) is 25.8 Å². The summed E-state index contributed by atoms with van der Waals surface area (Å²) < 4.78 is 11.7. The van der Waals surface area contributed by atoms with Crippen LogP contribution >= 0.6 is 11.3 Å². The highest BCUT2D eigenvalue weighted by Gasteiger charge is 2.42. The highest BCUT2D eigenvalue weighted by molar-refractivity contribution is 7.09. The van der Waals surface area contributed by atoms with Gasteiger partial charge in [-0.15, -0.1) is 11.3 Å². The molecule has 13 nitrogen and oxygen atoms in total. The number of thiazole rings is 1. The SMILES string of the molecule is CCCCCCN(C(=O)[C@@H](NC(=O)[C@@]1(C)CCCN1)[C@@H](C)CC)[C@H](C[C@@H](OC(C)=O)c1nc(C(=O)N[C@@H](Cc2ccc(OC(C)C)cc2)CC(C)(C)C(=O)O)cs1)C(C)C. The summed E-state index contributed by atoms with van der Waals surface area (Å²) >= 11 is 1.19. The van der Waals surface area contributed by atoms with Crippen molar-refractivity contribution >= 4 is 41.0 Å². The highest BCUT2D eigenvalue weighted by Crippen LogP contribution is 2.33. The van der Waals surface area contributed by atoms with Crippen LogP contribution in [-0.2, 0) is 30.3 Å². The molecular formula is C46H73N5O8S. The molecule has 0 unspecified atom stereocenters. The molecule has 0 bridgehead atoms. The Labute approximate surface area is 362 Å². The number of esters is 1. The van der Waals surface area contributed by atoms with Gasteiger partial charge in [0, 0.05) is 37.4 Å². The first-order valence-corrected chi connectivity index (χ1v) is 22.9. The minimum atomic E-state index is -1.12. The summed E-state index contributed by atoms with van der Waals surface area (Å²) in [5.41, 5.74) is -0.849. The quantitative estimate of drug-likeness (QED) is 0.0568. The van der Waals surface area contributed by atoms with Gasteiger partial charge in [-0.2, -0.15) is 0 Å². The number of carbonyl (C=O) groups excluding carboxylic acids is 4. The fraction of sp³-hybridized carbons (Fsp3) is 0.696. The van der Waals surface area contributed by atoms with Crippen LogP contribution in [0.2, 0.25) is 0 Å². The van der Waals surface area contributed by atoms with Gasteiger partial charge in [-0.25, -0.2) is 4.98 Å². The molecule has 3 rings (SSSR count). The number of ether oxygens (including phenoxy) is 2. The Kier molecular flexibility index (Phi) is 19.5. The van der Waals surface area contributed by atoms with Gasteiger partial charge < -0.3 is 35.4 Å². The Balaban J connectivity index is 1.94. The molecule has 1 fully saturated rings. The van der Waals surface area contributed by atoms with Crippen molar-refractivity contribution in [2.75, 3.05) is 13.1 Å². The summed E-state index contributed by atoms with van der Waals surface area (Å²) in [6.45, 7) is 21.8. The van der Waals surface area contributed by atoms with E-state index in [9.17, 15) is 29.1 Å². The normalized spacial score (nSPS) is 18.0. The highest BCUT2D eigenvalue weighted by atomic mass is 32.1. The molecule has 2 heterocycles. The molecule has 1 saturated heterocycles. The minimum absolute atomic E-state index is 0.0138. The predicted octanol–water partition coefficient (Wildman–Crippen LogP) is 7.87. The van der Waals surface area contributed by atoms with Crippen molar-refractivity contribution in [3.63, 3.8) is 0 Å². The number of carboxylic acid groups (broad SMARTS) is 1. The molecular weight excluding hydrogens is 783 g/mol. The predicted molar refractivity (Wildman–Crippen MR) is 236 cm³/mol. The van der Waals surface area contributed by atoms with Crippen LogP contribution in [0.1, 0.15) is 161 Å². The summed E-state index contributed by atoms with van der Waals surface area (Å²) in [7, 11) is 0. The Morgan fingerprint density at radius 2 is 1.70 bits per heavy atom. The third-order valence-electron chi connectivity index (χ3n) is 11.6. The van der Waals surface area contributed by atoms with Crippen molar-refractivity contribution in [2.24, 2.45) is 17.3 Å². The summed E-state index contributed by atoms with van der Waals surface area (Å²) in [5, 5.41) is 21.5. The molecule has 4 N–H and O–H groups in total. The van der Waals surface area contributed by atoms with E-state index in [0.29, 0.717) is 30.8 Å². The van der Waals surface area contributed by atoms with E-state index in [1.807, 2.05) is 77.6 Å². The second kappa shape index (κ2) is 23.3.